The Morgan fingerprint density at radius 1 is 0.654 bits per heavy atom. The largest absolute Gasteiger partial charge is 0.462 e. The lowest BCUT2D eigenvalue weighted by Crippen LogP contribution is -2.14. The number of aryl methyl sites for hydroxylation is 2. The van der Waals surface area contributed by atoms with E-state index >= 15 is 0 Å². The molecule has 0 radical (unpaired) electrons. The van der Waals surface area contributed by atoms with Crippen molar-refractivity contribution in [1.29, 1.82) is 0 Å². The molecule has 0 saturated heterocycles. The van der Waals surface area contributed by atoms with Gasteiger partial charge in [0, 0.05) is 22.6 Å². The van der Waals surface area contributed by atoms with Crippen molar-refractivity contribution in [2.45, 2.75) is 35.5 Å². The Morgan fingerprint density at radius 2 is 1.00 bits per heavy atom. The summed E-state index contributed by atoms with van der Waals surface area (Å²) >= 11 is 8.43. The number of carbonyl (C=O) groups excluding carboxylic acids is 2. The number of rotatable bonds is 9. The SMILES string of the molecule is O=C(CCc1ccc(S)cc1)OCCOC(=O)CCc1ccc(S)cc1. The van der Waals surface area contributed by atoms with Gasteiger partial charge in [-0.05, 0) is 48.2 Å². The highest BCUT2D eigenvalue weighted by molar-refractivity contribution is 7.80. The van der Waals surface area contributed by atoms with Crippen LogP contribution in [0.1, 0.15) is 24.0 Å². The van der Waals surface area contributed by atoms with Crippen molar-refractivity contribution in [3.05, 3.63) is 59.7 Å². The molecule has 26 heavy (non-hydrogen) atoms. The summed E-state index contributed by atoms with van der Waals surface area (Å²) in [4.78, 5) is 25.1. The fourth-order valence-corrected chi connectivity index (χ4v) is 2.57. The average molecular weight is 391 g/mol. The molecule has 2 rings (SSSR count). The molecule has 138 valence electrons. The Bertz CT molecular complexity index is 648. The molecule has 0 heterocycles. The first-order valence-electron chi connectivity index (χ1n) is 8.40. The molecule has 4 nitrogen and oxygen atoms in total. The van der Waals surface area contributed by atoms with E-state index in [4.69, 9.17) is 9.47 Å². The minimum absolute atomic E-state index is 0.0779. The summed E-state index contributed by atoms with van der Waals surface area (Å²) in [5, 5.41) is 0. The predicted molar refractivity (Wildman–Crippen MR) is 106 cm³/mol. The van der Waals surface area contributed by atoms with Crippen LogP contribution in [0.4, 0.5) is 0 Å². The van der Waals surface area contributed by atoms with Crippen LogP contribution >= 0.6 is 25.3 Å². The molecule has 0 spiro atoms. The van der Waals surface area contributed by atoms with E-state index in [2.05, 4.69) is 25.3 Å². The van der Waals surface area contributed by atoms with Crippen LogP contribution in [0.25, 0.3) is 0 Å². The highest BCUT2D eigenvalue weighted by atomic mass is 32.1. The van der Waals surface area contributed by atoms with Gasteiger partial charge in [-0.25, -0.2) is 0 Å². The van der Waals surface area contributed by atoms with Crippen molar-refractivity contribution < 1.29 is 19.1 Å². The molecule has 2 aromatic carbocycles. The second kappa shape index (κ2) is 10.9. The molecule has 6 heteroatoms. The maximum atomic E-state index is 11.7. The van der Waals surface area contributed by atoms with Crippen LogP contribution in [0.2, 0.25) is 0 Å². The zero-order valence-electron chi connectivity index (χ0n) is 14.4. The minimum atomic E-state index is -0.303. The maximum Gasteiger partial charge on any atom is 0.306 e. The Hall–Kier alpha value is -1.92. The first-order chi connectivity index (χ1) is 12.5. The number of ether oxygens (including phenoxy) is 2. The van der Waals surface area contributed by atoms with E-state index in [0.29, 0.717) is 25.7 Å². The molecular formula is C20H22O4S2. The van der Waals surface area contributed by atoms with E-state index in [-0.39, 0.29) is 25.2 Å². The van der Waals surface area contributed by atoms with Gasteiger partial charge in [-0.15, -0.1) is 25.3 Å². The van der Waals surface area contributed by atoms with Gasteiger partial charge in [-0.2, -0.15) is 0 Å². The van der Waals surface area contributed by atoms with E-state index in [0.717, 1.165) is 20.9 Å². The van der Waals surface area contributed by atoms with Crippen LogP contribution in [0.15, 0.2) is 58.3 Å². The van der Waals surface area contributed by atoms with E-state index in [9.17, 15) is 9.59 Å². The van der Waals surface area contributed by atoms with Crippen LogP contribution in [-0.2, 0) is 31.9 Å². The van der Waals surface area contributed by atoms with Gasteiger partial charge in [0.1, 0.15) is 13.2 Å². The fourth-order valence-electron chi connectivity index (χ4n) is 2.27. The number of carbonyl (C=O) groups is 2. The van der Waals surface area contributed by atoms with Crippen LogP contribution in [0.5, 0.6) is 0 Å². The van der Waals surface area contributed by atoms with Gasteiger partial charge >= 0.3 is 11.9 Å². The lowest BCUT2D eigenvalue weighted by molar-refractivity contribution is -0.152. The molecule has 0 N–H and O–H groups in total. The van der Waals surface area contributed by atoms with Crippen LogP contribution < -0.4 is 0 Å². The summed E-state index contributed by atoms with van der Waals surface area (Å²) in [6.07, 6.45) is 1.80. The van der Waals surface area contributed by atoms with Crippen molar-refractivity contribution in [1.82, 2.24) is 0 Å². The second-order valence-electron chi connectivity index (χ2n) is 5.77. The number of esters is 2. The Balaban J connectivity index is 1.54. The summed E-state index contributed by atoms with van der Waals surface area (Å²) in [5.74, 6) is -0.606. The lowest BCUT2D eigenvalue weighted by Gasteiger charge is -2.07. The van der Waals surface area contributed by atoms with Crippen molar-refractivity contribution in [2.24, 2.45) is 0 Å². The number of benzene rings is 2. The third kappa shape index (κ3) is 7.97. The lowest BCUT2D eigenvalue weighted by atomic mass is 10.1. The van der Waals surface area contributed by atoms with Crippen LogP contribution in [-0.4, -0.2) is 25.2 Å². The predicted octanol–water partition coefficient (Wildman–Crippen LogP) is 3.92. The summed E-state index contributed by atoms with van der Waals surface area (Å²) in [5.41, 5.74) is 2.11. The van der Waals surface area contributed by atoms with Crippen molar-refractivity contribution in [3.63, 3.8) is 0 Å². The maximum absolute atomic E-state index is 11.7. The Labute approximate surface area is 164 Å². The fraction of sp³-hybridized carbons (Fsp3) is 0.300. The molecule has 0 saturated carbocycles. The van der Waals surface area contributed by atoms with Crippen LogP contribution in [0.3, 0.4) is 0 Å². The first kappa shape index (κ1) is 20.4. The van der Waals surface area contributed by atoms with E-state index in [1.165, 1.54) is 0 Å². The van der Waals surface area contributed by atoms with Crippen LogP contribution in [0, 0.1) is 0 Å². The molecule has 0 fully saturated rings. The summed E-state index contributed by atoms with van der Waals surface area (Å²) in [6, 6.07) is 15.3. The standard InChI is InChI=1S/C20H22O4S2/c21-19(11-5-15-1-7-17(25)8-2-15)23-13-14-24-20(22)12-6-16-3-9-18(26)10-4-16/h1-4,7-10,25-26H,5-6,11-14H2. The zero-order chi connectivity index (χ0) is 18.8. The van der Waals surface area contributed by atoms with Gasteiger partial charge in [-0.3, -0.25) is 9.59 Å². The van der Waals surface area contributed by atoms with Crippen molar-refractivity contribution in [2.75, 3.05) is 13.2 Å². The molecule has 0 unspecified atom stereocenters. The molecule has 0 bridgehead atoms. The van der Waals surface area contributed by atoms with Crippen molar-refractivity contribution in [3.8, 4) is 0 Å². The second-order valence-corrected chi connectivity index (χ2v) is 6.81. The minimum Gasteiger partial charge on any atom is -0.462 e. The Morgan fingerprint density at radius 3 is 1.35 bits per heavy atom. The molecule has 0 atom stereocenters. The van der Waals surface area contributed by atoms with Crippen molar-refractivity contribution >= 4 is 37.2 Å². The van der Waals surface area contributed by atoms with Gasteiger partial charge in [0.25, 0.3) is 0 Å². The molecular weight excluding hydrogens is 368 g/mol. The van der Waals surface area contributed by atoms with Gasteiger partial charge in [0.15, 0.2) is 0 Å². The number of thiol groups is 2. The average Bonchev–Trinajstić information content (AvgIpc) is 2.64. The third-order valence-electron chi connectivity index (χ3n) is 3.72. The molecule has 0 amide bonds. The van der Waals surface area contributed by atoms with Gasteiger partial charge in [0.05, 0.1) is 0 Å². The van der Waals surface area contributed by atoms with E-state index < -0.39 is 0 Å². The molecule has 0 aromatic heterocycles. The first-order valence-corrected chi connectivity index (χ1v) is 9.29. The topological polar surface area (TPSA) is 52.6 Å². The smallest absolute Gasteiger partial charge is 0.306 e. The molecule has 0 aliphatic carbocycles. The molecule has 2 aromatic rings. The van der Waals surface area contributed by atoms with Gasteiger partial charge in [0.2, 0.25) is 0 Å². The molecule has 0 aliphatic rings. The monoisotopic (exact) mass is 390 g/mol. The van der Waals surface area contributed by atoms with Gasteiger partial charge in [-0.1, -0.05) is 24.3 Å². The van der Waals surface area contributed by atoms with E-state index in [1.807, 2.05) is 48.5 Å². The Kier molecular flexibility index (Phi) is 8.58. The normalized spacial score (nSPS) is 10.4. The third-order valence-corrected chi connectivity index (χ3v) is 4.31. The van der Waals surface area contributed by atoms with Gasteiger partial charge < -0.3 is 9.47 Å². The molecule has 0 aliphatic heterocycles. The summed E-state index contributed by atoms with van der Waals surface area (Å²) in [7, 11) is 0. The highest BCUT2D eigenvalue weighted by Gasteiger charge is 2.06. The summed E-state index contributed by atoms with van der Waals surface area (Å²) in [6.45, 7) is 0.156. The number of hydrogen-bond donors (Lipinski definition) is 2. The quantitative estimate of drug-likeness (QED) is 0.387. The summed E-state index contributed by atoms with van der Waals surface area (Å²) < 4.78 is 10.1. The number of hydrogen-bond acceptors (Lipinski definition) is 6. The van der Waals surface area contributed by atoms with E-state index in [1.54, 1.807) is 0 Å². The zero-order valence-corrected chi connectivity index (χ0v) is 16.2. The highest BCUT2D eigenvalue weighted by Crippen LogP contribution is 2.11.